The van der Waals surface area contributed by atoms with Crippen LogP contribution in [-0.4, -0.2) is 0 Å². The molecule has 0 aliphatic rings. The molecule has 0 saturated carbocycles. The van der Waals surface area contributed by atoms with Crippen molar-refractivity contribution < 1.29 is 0 Å². The summed E-state index contributed by atoms with van der Waals surface area (Å²) in [7, 11) is 0. The van der Waals surface area contributed by atoms with E-state index in [1.807, 2.05) is 0 Å². The molecular formula is C23H24. The molecule has 0 fully saturated rings. The molecule has 0 heteroatoms. The second-order valence-corrected chi connectivity index (χ2v) is 6.22. The van der Waals surface area contributed by atoms with Gasteiger partial charge < -0.3 is 0 Å². The molecule has 3 aromatic rings. The predicted octanol–water partition coefficient (Wildman–Crippen LogP) is 5.74. The number of aryl methyl sites for hydroxylation is 2. The predicted molar refractivity (Wildman–Crippen MR) is 99.1 cm³/mol. The first kappa shape index (κ1) is 15.6. The Bertz CT molecular complexity index is 766. The van der Waals surface area contributed by atoms with E-state index in [0.29, 0.717) is 0 Å². The highest BCUT2D eigenvalue weighted by atomic mass is 14.1. The van der Waals surface area contributed by atoms with Crippen LogP contribution in [0.5, 0.6) is 0 Å². The van der Waals surface area contributed by atoms with Crippen LogP contribution in [0.4, 0.5) is 0 Å². The third-order valence-electron chi connectivity index (χ3n) is 4.57. The molecule has 0 N–H and O–H groups in total. The van der Waals surface area contributed by atoms with Gasteiger partial charge in [0.1, 0.15) is 0 Å². The van der Waals surface area contributed by atoms with Crippen LogP contribution >= 0.6 is 0 Å². The van der Waals surface area contributed by atoms with Crippen LogP contribution in [0.3, 0.4) is 0 Å². The van der Waals surface area contributed by atoms with E-state index in [1.54, 1.807) is 0 Å². The average molecular weight is 300 g/mol. The first-order valence-electron chi connectivity index (χ1n) is 8.45. The summed E-state index contributed by atoms with van der Waals surface area (Å²) in [6.45, 7) is 4.41. The van der Waals surface area contributed by atoms with Crippen molar-refractivity contribution >= 4 is 0 Å². The zero-order valence-corrected chi connectivity index (χ0v) is 14.0. The highest BCUT2D eigenvalue weighted by molar-refractivity contribution is 5.36. The topological polar surface area (TPSA) is 0 Å². The van der Waals surface area contributed by atoms with Gasteiger partial charge in [-0.25, -0.2) is 0 Å². The Hall–Kier alpha value is -2.34. The van der Waals surface area contributed by atoms with Crippen LogP contribution in [-0.2, 0) is 19.3 Å². The van der Waals surface area contributed by atoms with E-state index in [1.165, 1.54) is 33.4 Å². The van der Waals surface area contributed by atoms with E-state index in [4.69, 9.17) is 0 Å². The Kier molecular flexibility index (Phi) is 4.92. The Morgan fingerprint density at radius 2 is 1.04 bits per heavy atom. The van der Waals surface area contributed by atoms with E-state index in [-0.39, 0.29) is 0 Å². The van der Waals surface area contributed by atoms with Gasteiger partial charge in [0.05, 0.1) is 0 Å². The van der Waals surface area contributed by atoms with Crippen molar-refractivity contribution in [2.75, 3.05) is 0 Å². The van der Waals surface area contributed by atoms with E-state index >= 15 is 0 Å². The number of rotatable bonds is 5. The van der Waals surface area contributed by atoms with Gasteiger partial charge in [0, 0.05) is 0 Å². The van der Waals surface area contributed by atoms with Crippen molar-refractivity contribution in [2.45, 2.75) is 33.1 Å². The standard InChI is InChI=1S/C23H24/c1-3-21-9-6-7-11-23(21)17-20-14-12-19(13-15-20)16-22-10-5-4-8-18(22)2/h4-15H,3,16-17H2,1-2H3. The van der Waals surface area contributed by atoms with E-state index in [2.05, 4.69) is 86.6 Å². The first-order chi connectivity index (χ1) is 11.3. The third-order valence-corrected chi connectivity index (χ3v) is 4.57. The molecule has 0 unspecified atom stereocenters. The molecule has 0 saturated heterocycles. The Balaban J connectivity index is 1.73. The Morgan fingerprint density at radius 1 is 0.565 bits per heavy atom. The lowest BCUT2D eigenvalue weighted by Crippen LogP contribution is -1.95. The lowest BCUT2D eigenvalue weighted by atomic mass is 9.96. The van der Waals surface area contributed by atoms with Crippen LogP contribution in [0.1, 0.15) is 40.3 Å². The molecule has 0 bridgehead atoms. The van der Waals surface area contributed by atoms with Crippen molar-refractivity contribution in [3.63, 3.8) is 0 Å². The third kappa shape index (κ3) is 3.90. The Morgan fingerprint density at radius 3 is 1.61 bits per heavy atom. The van der Waals surface area contributed by atoms with Crippen LogP contribution < -0.4 is 0 Å². The second kappa shape index (κ2) is 7.28. The normalized spacial score (nSPS) is 10.7. The molecule has 0 atom stereocenters. The molecule has 0 heterocycles. The largest absolute Gasteiger partial charge is 0.0620 e. The maximum absolute atomic E-state index is 2.28. The van der Waals surface area contributed by atoms with Crippen molar-refractivity contribution in [3.8, 4) is 0 Å². The quantitative estimate of drug-likeness (QED) is 0.563. The van der Waals surface area contributed by atoms with Crippen LogP contribution in [0.15, 0.2) is 72.8 Å². The lowest BCUT2D eigenvalue weighted by molar-refractivity contribution is 1.06. The van der Waals surface area contributed by atoms with Gasteiger partial charge in [0.25, 0.3) is 0 Å². The van der Waals surface area contributed by atoms with E-state index in [9.17, 15) is 0 Å². The molecule has 116 valence electrons. The SMILES string of the molecule is CCc1ccccc1Cc1ccc(Cc2ccccc2C)cc1. The monoisotopic (exact) mass is 300 g/mol. The molecule has 0 aliphatic carbocycles. The second-order valence-electron chi connectivity index (χ2n) is 6.22. The molecule has 0 spiro atoms. The smallest absolute Gasteiger partial charge is 0.00230 e. The number of hydrogen-bond donors (Lipinski definition) is 0. The van der Waals surface area contributed by atoms with Gasteiger partial charge in [-0.2, -0.15) is 0 Å². The molecular weight excluding hydrogens is 276 g/mol. The summed E-state index contributed by atoms with van der Waals surface area (Å²) >= 11 is 0. The van der Waals surface area contributed by atoms with E-state index in [0.717, 1.165) is 19.3 Å². The minimum Gasteiger partial charge on any atom is -0.0620 e. The van der Waals surface area contributed by atoms with Crippen LogP contribution in [0.25, 0.3) is 0 Å². The lowest BCUT2D eigenvalue weighted by Gasteiger charge is -2.09. The maximum Gasteiger partial charge on any atom is -0.00230 e. The molecule has 3 aromatic carbocycles. The van der Waals surface area contributed by atoms with E-state index < -0.39 is 0 Å². The van der Waals surface area contributed by atoms with Crippen LogP contribution in [0.2, 0.25) is 0 Å². The summed E-state index contributed by atoms with van der Waals surface area (Å²) < 4.78 is 0. The fourth-order valence-corrected chi connectivity index (χ4v) is 3.10. The molecule has 0 nitrogen and oxygen atoms in total. The number of hydrogen-bond acceptors (Lipinski definition) is 0. The molecule has 0 radical (unpaired) electrons. The van der Waals surface area contributed by atoms with Gasteiger partial charge in [-0.15, -0.1) is 0 Å². The van der Waals surface area contributed by atoms with Crippen molar-refractivity contribution in [1.29, 1.82) is 0 Å². The zero-order valence-electron chi connectivity index (χ0n) is 14.0. The fourth-order valence-electron chi connectivity index (χ4n) is 3.10. The summed E-state index contributed by atoms with van der Waals surface area (Å²) in [6, 6.07) is 26.5. The maximum atomic E-state index is 2.28. The summed E-state index contributed by atoms with van der Waals surface area (Å²) in [5.74, 6) is 0. The number of benzene rings is 3. The van der Waals surface area contributed by atoms with Gasteiger partial charge in [0.2, 0.25) is 0 Å². The molecule has 0 aromatic heterocycles. The molecule has 0 aliphatic heterocycles. The summed E-state index contributed by atoms with van der Waals surface area (Å²) in [5, 5.41) is 0. The highest BCUT2D eigenvalue weighted by Crippen LogP contribution is 2.18. The minimum atomic E-state index is 1.01. The van der Waals surface area contributed by atoms with Crippen molar-refractivity contribution in [2.24, 2.45) is 0 Å². The highest BCUT2D eigenvalue weighted by Gasteiger charge is 2.03. The minimum absolute atomic E-state index is 1.01. The summed E-state index contributed by atoms with van der Waals surface area (Å²) in [6.07, 6.45) is 3.13. The fraction of sp³-hybridized carbons (Fsp3) is 0.217. The van der Waals surface area contributed by atoms with Gasteiger partial charge in [-0.3, -0.25) is 0 Å². The molecule has 23 heavy (non-hydrogen) atoms. The first-order valence-corrected chi connectivity index (χ1v) is 8.45. The average Bonchev–Trinajstić information content (AvgIpc) is 2.59. The molecule has 3 rings (SSSR count). The van der Waals surface area contributed by atoms with Gasteiger partial charge in [-0.1, -0.05) is 79.7 Å². The zero-order chi connectivity index (χ0) is 16.1. The van der Waals surface area contributed by atoms with Crippen molar-refractivity contribution in [3.05, 3.63) is 106 Å². The summed E-state index contributed by atoms with van der Waals surface area (Å²) in [5.41, 5.74) is 8.45. The van der Waals surface area contributed by atoms with Crippen molar-refractivity contribution in [1.82, 2.24) is 0 Å². The summed E-state index contributed by atoms with van der Waals surface area (Å²) in [4.78, 5) is 0. The molecule has 0 amide bonds. The van der Waals surface area contributed by atoms with Gasteiger partial charge in [0.15, 0.2) is 0 Å². The van der Waals surface area contributed by atoms with Crippen LogP contribution in [0, 0.1) is 6.92 Å². The Labute approximate surface area is 139 Å². The van der Waals surface area contributed by atoms with Gasteiger partial charge >= 0.3 is 0 Å². The van der Waals surface area contributed by atoms with Gasteiger partial charge in [-0.05, 0) is 59.6 Å².